The lowest BCUT2D eigenvalue weighted by Gasteiger charge is -2.48. The van der Waals surface area contributed by atoms with E-state index >= 15 is 0 Å². The Hall–Kier alpha value is -0.120. The van der Waals surface area contributed by atoms with Crippen LogP contribution in [0.25, 0.3) is 0 Å². The van der Waals surface area contributed by atoms with E-state index in [-0.39, 0.29) is 6.61 Å². The molecular weight excluding hydrogens is 216 g/mol. The van der Waals surface area contributed by atoms with E-state index in [2.05, 4.69) is 13.8 Å². The first-order valence-electron chi connectivity index (χ1n) is 6.94. The van der Waals surface area contributed by atoms with Crippen molar-refractivity contribution in [1.29, 1.82) is 0 Å². The molecule has 17 heavy (non-hydrogen) atoms. The average Bonchev–Trinajstić information content (AvgIpc) is 2.79. The van der Waals surface area contributed by atoms with Crippen molar-refractivity contribution in [3.63, 3.8) is 0 Å². The molecule has 0 bridgehead atoms. The number of aliphatic hydroxyl groups excluding tert-OH is 1. The zero-order valence-corrected chi connectivity index (χ0v) is 11.1. The van der Waals surface area contributed by atoms with Gasteiger partial charge in [-0.15, -0.1) is 0 Å². The predicted octanol–water partition coefficient (Wildman–Crippen LogP) is 1.96. The van der Waals surface area contributed by atoms with Gasteiger partial charge in [-0.1, -0.05) is 20.3 Å². The zero-order valence-electron chi connectivity index (χ0n) is 11.1. The number of rotatable bonds is 3. The SMILES string of the molecule is CC(C)C1CCCC(O)(C2(CO)CCOC2)C1. The molecule has 1 aliphatic carbocycles. The lowest BCUT2D eigenvalue weighted by molar-refractivity contribution is -0.144. The van der Waals surface area contributed by atoms with E-state index in [4.69, 9.17) is 4.74 Å². The van der Waals surface area contributed by atoms with Crippen molar-refractivity contribution >= 4 is 0 Å². The van der Waals surface area contributed by atoms with Gasteiger partial charge in [0.25, 0.3) is 0 Å². The molecule has 3 unspecified atom stereocenters. The Balaban J connectivity index is 2.16. The fourth-order valence-corrected chi connectivity index (χ4v) is 3.59. The van der Waals surface area contributed by atoms with E-state index in [0.717, 1.165) is 25.7 Å². The van der Waals surface area contributed by atoms with Crippen LogP contribution >= 0.6 is 0 Å². The first kappa shape index (κ1) is 13.3. The van der Waals surface area contributed by atoms with E-state index < -0.39 is 11.0 Å². The molecule has 3 heteroatoms. The molecule has 3 atom stereocenters. The summed E-state index contributed by atoms with van der Waals surface area (Å²) in [7, 11) is 0. The summed E-state index contributed by atoms with van der Waals surface area (Å²) in [6.45, 7) is 5.70. The van der Waals surface area contributed by atoms with Gasteiger partial charge in [0.15, 0.2) is 0 Å². The van der Waals surface area contributed by atoms with Gasteiger partial charge in [0.1, 0.15) is 0 Å². The molecule has 100 valence electrons. The largest absolute Gasteiger partial charge is 0.396 e. The van der Waals surface area contributed by atoms with Gasteiger partial charge in [0.2, 0.25) is 0 Å². The highest BCUT2D eigenvalue weighted by Gasteiger charge is 2.54. The molecule has 2 rings (SSSR count). The molecule has 1 saturated carbocycles. The summed E-state index contributed by atoms with van der Waals surface area (Å²) in [6, 6.07) is 0. The Labute approximate surface area is 104 Å². The van der Waals surface area contributed by atoms with Crippen LogP contribution in [-0.2, 0) is 4.74 Å². The van der Waals surface area contributed by atoms with E-state index in [9.17, 15) is 10.2 Å². The maximum Gasteiger partial charge on any atom is 0.0751 e. The van der Waals surface area contributed by atoms with Crippen LogP contribution in [0.1, 0.15) is 46.0 Å². The van der Waals surface area contributed by atoms with Crippen LogP contribution in [0.15, 0.2) is 0 Å². The fourth-order valence-electron chi connectivity index (χ4n) is 3.59. The number of aliphatic hydroxyl groups is 2. The second-order valence-electron chi connectivity index (χ2n) is 6.37. The van der Waals surface area contributed by atoms with Gasteiger partial charge >= 0.3 is 0 Å². The fraction of sp³-hybridized carbons (Fsp3) is 1.00. The highest BCUT2D eigenvalue weighted by molar-refractivity contribution is 5.03. The minimum atomic E-state index is -0.717. The highest BCUT2D eigenvalue weighted by Crippen LogP contribution is 2.49. The van der Waals surface area contributed by atoms with Crippen molar-refractivity contribution in [1.82, 2.24) is 0 Å². The smallest absolute Gasteiger partial charge is 0.0751 e. The first-order valence-corrected chi connectivity index (χ1v) is 6.94. The maximum atomic E-state index is 11.0. The normalized spacial score (nSPS) is 43.2. The molecular formula is C14H26O3. The van der Waals surface area contributed by atoms with Gasteiger partial charge in [-0.3, -0.25) is 0 Å². The Kier molecular flexibility index (Phi) is 3.81. The van der Waals surface area contributed by atoms with Crippen molar-refractivity contribution in [3.8, 4) is 0 Å². The molecule has 1 heterocycles. The topological polar surface area (TPSA) is 49.7 Å². The molecule has 0 amide bonds. The van der Waals surface area contributed by atoms with E-state index in [1.165, 1.54) is 6.42 Å². The molecule has 0 spiro atoms. The summed E-state index contributed by atoms with van der Waals surface area (Å²) in [5.74, 6) is 1.19. The van der Waals surface area contributed by atoms with Gasteiger partial charge < -0.3 is 14.9 Å². The van der Waals surface area contributed by atoms with Crippen LogP contribution in [0.4, 0.5) is 0 Å². The summed E-state index contributed by atoms with van der Waals surface area (Å²) in [4.78, 5) is 0. The Morgan fingerprint density at radius 2 is 2.12 bits per heavy atom. The molecule has 2 N–H and O–H groups in total. The van der Waals surface area contributed by atoms with Crippen LogP contribution < -0.4 is 0 Å². The van der Waals surface area contributed by atoms with Crippen LogP contribution in [0.3, 0.4) is 0 Å². The quantitative estimate of drug-likeness (QED) is 0.795. The summed E-state index contributed by atoms with van der Waals surface area (Å²) >= 11 is 0. The van der Waals surface area contributed by atoms with Gasteiger partial charge in [-0.05, 0) is 37.5 Å². The van der Waals surface area contributed by atoms with E-state index in [0.29, 0.717) is 25.0 Å². The maximum absolute atomic E-state index is 11.0. The lowest BCUT2D eigenvalue weighted by Crippen LogP contribution is -2.54. The number of hydrogen-bond donors (Lipinski definition) is 2. The summed E-state index contributed by atoms with van der Waals surface area (Å²) in [5, 5.41) is 20.7. The number of hydrogen-bond acceptors (Lipinski definition) is 3. The van der Waals surface area contributed by atoms with Crippen LogP contribution in [0.2, 0.25) is 0 Å². The molecule has 1 aliphatic heterocycles. The van der Waals surface area contributed by atoms with Crippen molar-refractivity contribution in [2.45, 2.75) is 51.6 Å². The summed E-state index contributed by atoms with van der Waals surface area (Å²) in [6.07, 6.45) is 4.73. The van der Waals surface area contributed by atoms with Crippen molar-refractivity contribution in [3.05, 3.63) is 0 Å². The molecule has 0 aromatic rings. The molecule has 0 aromatic carbocycles. The average molecular weight is 242 g/mol. The van der Waals surface area contributed by atoms with E-state index in [1.807, 2.05) is 0 Å². The third-order valence-electron chi connectivity index (χ3n) is 5.10. The van der Waals surface area contributed by atoms with Crippen LogP contribution in [0.5, 0.6) is 0 Å². The van der Waals surface area contributed by atoms with Crippen molar-refractivity contribution in [2.24, 2.45) is 17.3 Å². The predicted molar refractivity (Wildman–Crippen MR) is 66.7 cm³/mol. The molecule has 2 aliphatic rings. The molecule has 0 radical (unpaired) electrons. The van der Waals surface area contributed by atoms with Crippen molar-refractivity contribution < 1.29 is 14.9 Å². The number of ether oxygens (including phenoxy) is 1. The minimum Gasteiger partial charge on any atom is -0.396 e. The van der Waals surface area contributed by atoms with E-state index in [1.54, 1.807) is 0 Å². The van der Waals surface area contributed by atoms with Gasteiger partial charge in [-0.25, -0.2) is 0 Å². The van der Waals surface area contributed by atoms with Gasteiger partial charge in [0.05, 0.1) is 18.8 Å². The van der Waals surface area contributed by atoms with Crippen LogP contribution in [0, 0.1) is 17.3 Å². The second kappa shape index (κ2) is 4.87. The molecule has 0 aromatic heterocycles. The van der Waals surface area contributed by atoms with Crippen molar-refractivity contribution in [2.75, 3.05) is 19.8 Å². The summed E-state index contributed by atoms with van der Waals surface area (Å²) < 4.78 is 5.45. The Bertz CT molecular complexity index is 258. The van der Waals surface area contributed by atoms with Gasteiger partial charge in [-0.2, -0.15) is 0 Å². The van der Waals surface area contributed by atoms with Crippen LogP contribution in [-0.4, -0.2) is 35.6 Å². The Morgan fingerprint density at radius 1 is 1.35 bits per heavy atom. The first-order chi connectivity index (χ1) is 8.03. The third-order valence-corrected chi connectivity index (χ3v) is 5.10. The highest BCUT2D eigenvalue weighted by atomic mass is 16.5. The van der Waals surface area contributed by atoms with Gasteiger partial charge in [0, 0.05) is 12.0 Å². The monoisotopic (exact) mass is 242 g/mol. The molecule has 3 nitrogen and oxygen atoms in total. The zero-order chi connectivity index (χ0) is 12.5. The minimum absolute atomic E-state index is 0.0499. The molecule has 2 fully saturated rings. The second-order valence-corrected chi connectivity index (χ2v) is 6.37. The summed E-state index contributed by atoms with van der Waals surface area (Å²) in [5.41, 5.74) is -1.12. The standard InChI is InChI=1S/C14H26O3/c1-11(2)12-4-3-5-14(16,8-12)13(9-15)6-7-17-10-13/h11-12,15-16H,3-10H2,1-2H3. The third kappa shape index (κ3) is 2.25. The lowest BCUT2D eigenvalue weighted by atomic mass is 9.61. The molecule has 1 saturated heterocycles. The Morgan fingerprint density at radius 3 is 2.65 bits per heavy atom.